The maximum Gasteiger partial charge on any atom is 0.0576 e. The van der Waals surface area contributed by atoms with Gasteiger partial charge in [0.15, 0.2) is 0 Å². The zero-order valence-corrected chi connectivity index (χ0v) is 12.1. The van der Waals surface area contributed by atoms with Crippen molar-refractivity contribution in [2.75, 3.05) is 6.61 Å². The van der Waals surface area contributed by atoms with Gasteiger partial charge in [-0.05, 0) is 44.1 Å². The maximum absolute atomic E-state index is 6.67. The molecule has 106 valence electrons. The van der Waals surface area contributed by atoms with Crippen molar-refractivity contribution in [3.63, 3.8) is 0 Å². The molecule has 0 spiro atoms. The number of hydrogen-bond acceptors (Lipinski definition) is 2. The molecule has 2 atom stereocenters. The molecule has 2 rings (SSSR count). The molecular formula is C17H27NO. The minimum absolute atomic E-state index is 0.158. The van der Waals surface area contributed by atoms with Crippen molar-refractivity contribution in [3.05, 3.63) is 35.9 Å². The van der Waals surface area contributed by atoms with E-state index in [0.717, 1.165) is 38.7 Å². The molecule has 0 radical (unpaired) electrons. The normalized spacial score (nSPS) is 22.3. The Morgan fingerprint density at radius 3 is 2.68 bits per heavy atom. The summed E-state index contributed by atoms with van der Waals surface area (Å²) in [5, 5.41) is 0. The van der Waals surface area contributed by atoms with Crippen LogP contribution in [0.3, 0.4) is 0 Å². The summed E-state index contributed by atoms with van der Waals surface area (Å²) in [5.74, 6) is 0. The maximum atomic E-state index is 6.67. The van der Waals surface area contributed by atoms with Crippen LogP contribution >= 0.6 is 0 Å². The van der Waals surface area contributed by atoms with Crippen LogP contribution in [0.1, 0.15) is 57.4 Å². The Labute approximate surface area is 117 Å². The van der Waals surface area contributed by atoms with E-state index in [1.165, 1.54) is 18.4 Å². The van der Waals surface area contributed by atoms with E-state index in [4.69, 9.17) is 10.5 Å². The standard InChI is InChI=1S/C17H27NO/c1-2-12-17(18,15-8-4-3-5-9-15)13-6-10-16-11-7-14-19-16/h3-5,8-9,16H,2,6-7,10-14,18H2,1H3. The van der Waals surface area contributed by atoms with Gasteiger partial charge in [-0.25, -0.2) is 0 Å². The van der Waals surface area contributed by atoms with E-state index in [9.17, 15) is 0 Å². The number of nitrogens with two attached hydrogens (primary N) is 1. The molecule has 1 fully saturated rings. The Hall–Kier alpha value is -0.860. The van der Waals surface area contributed by atoms with Crippen molar-refractivity contribution >= 4 is 0 Å². The number of hydrogen-bond donors (Lipinski definition) is 1. The Morgan fingerprint density at radius 1 is 1.26 bits per heavy atom. The van der Waals surface area contributed by atoms with E-state index >= 15 is 0 Å². The topological polar surface area (TPSA) is 35.2 Å². The van der Waals surface area contributed by atoms with E-state index < -0.39 is 0 Å². The molecule has 1 aromatic rings. The van der Waals surface area contributed by atoms with E-state index in [2.05, 4.69) is 37.3 Å². The smallest absolute Gasteiger partial charge is 0.0576 e. The van der Waals surface area contributed by atoms with Crippen LogP contribution in [0.5, 0.6) is 0 Å². The molecule has 2 N–H and O–H groups in total. The van der Waals surface area contributed by atoms with Crippen molar-refractivity contribution in [3.8, 4) is 0 Å². The molecule has 0 amide bonds. The lowest BCUT2D eigenvalue weighted by Gasteiger charge is -2.30. The van der Waals surface area contributed by atoms with E-state index in [1.54, 1.807) is 0 Å². The fourth-order valence-corrected chi connectivity index (χ4v) is 3.15. The summed E-state index contributed by atoms with van der Waals surface area (Å²) in [5.41, 5.74) is 7.80. The van der Waals surface area contributed by atoms with Crippen LogP contribution in [-0.2, 0) is 10.3 Å². The number of rotatable bonds is 7. The predicted molar refractivity (Wildman–Crippen MR) is 80.0 cm³/mol. The van der Waals surface area contributed by atoms with Gasteiger partial charge in [-0.15, -0.1) is 0 Å². The second-order valence-electron chi connectivity index (χ2n) is 5.80. The number of ether oxygens (including phenoxy) is 1. The van der Waals surface area contributed by atoms with E-state index in [0.29, 0.717) is 6.10 Å². The molecule has 1 aromatic carbocycles. The highest BCUT2D eigenvalue weighted by atomic mass is 16.5. The van der Waals surface area contributed by atoms with Gasteiger partial charge in [-0.3, -0.25) is 0 Å². The first-order valence-electron chi connectivity index (χ1n) is 7.70. The molecule has 2 nitrogen and oxygen atoms in total. The highest BCUT2D eigenvalue weighted by Gasteiger charge is 2.26. The minimum atomic E-state index is -0.158. The summed E-state index contributed by atoms with van der Waals surface area (Å²) < 4.78 is 5.69. The number of benzene rings is 1. The van der Waals surface area contributed by atoms with Crippen LogP contribution < -0.4 is 5.73 Å². The zero-order chi connectivity index (χ0) is 13.6. The van der Waals surface area contributed by atoms with Gasteiger partial charge in [-0.1, -0.05) is 43.7 Å². The van der Waals surface area contributed by atoms with Crippen LogP contribution in [0.15, 0.2) is 30.3 Å². The Kier molecular flexibility index (Phi) is 5.41. The first kappa shape index (κ1) is 14.5. The summed E-state index contributed by atoms with van der Waals surface area (Å²) in [6, 6.07) is 10.6. The second-order valence-corrected chi connectivity index (χ2v) is 5.80. The average molecular weight is 261 g/mol. The van der Waals surface area contributed by atoms with Gasteiger partial charge in [0.1, 0.15) is 0 Å². The van der Waals surface area contributed by atoms with Crippen molar-refractivity contribution in [1.29, 1.82) is 0 Å². The van der Waals surface area contributed by atoms with Gasteiger partial charge in [0.05, 0.1) is 6.10 Å². The van der Waals surface area contributed by atoms with Gasteiger partial charge in [0.25, 0.3) is 0 Å². The fraction of sp³-hybridized carbons (Fsp3) is 0.647. The van der Waals surface area contributed by atoms with E-state index in [1.807, 2.05) is 0 Å². The van der Waals surface area contributed by atoms with E-state index in [-0.39, 0.29) is 5.54 Å². The predicted octanol–water partition coefficient (Wildman–Crippen LogP) is 3.99. The molecule has 0 aliphatic carbocycles. The van der Waals surface area contributed by atoms with Gasteiger partial charge < -0.3 is 10.5 Å². The molecule has 0 saturated carbocycles. The van der Waals surface area contributed by atoms with Crippen LogP contribution in [0.2, 0.25) is 0 Å². The van der Waals surface area contributed by atoms with Gasteiger partial charge in [0, 0.05) is 12.1 Å². The largest absolute Gasteiger partial charge is 0.378 e. The Bertz CT molecular complexity index is 359. The molecule has 2 heteroatoms. The SMILES string of the molecule is CCCC(N)(CCCC1CCCO1)c1ccccc1. The molecule has 1 aliphatic heterocycles. The highest BCUT2D eigenvalue weighted by molar-refractivity contribution is 5.23. The quantitative estimate of drug-likeness (QED) is 0.805. The second kappa shape index (κ2) is 7.06. The summed E-state index contributed by atoms with van der Waals surface area (Å²) in [4.78, 5) is 0. The van der Waals surface area contributed by atoms with Gasteiger partial charge >= 0.3 is 0 Å². The highest BCUT2D eigenvalue weighted by Crippen LogP contribution is 2.30. The first-order valence-corrected chi connectivity index (χ1v) is 7.70. The van der Waals surface area contributed by atoms with Crippen molar-refractivity contribution in [2.45, 2.75) is 63.5 Å². The molecule has 0 aromatic heterocycles. The minimum Gasteiger partial charge on any atom is -0.378 e. The molecule has 19 heavy (non-hydrogen) atoms. The third kappa shape index (κ3) is 4.05. The third-order valence-corrected chi connectivity index (χ3v) is 4.22. The molecule has 2 unspecified atom stereocenters. The van der Waals surface area contributed by atoms with Crippen LogP contribution in [0.25, 0.3) is 0 Å². The summed E-state index contributed by atoms with van der Waals surface area (Å²) >= 11 is 0. The zero-order valence-electron chi connectivity index (χ0n) is 12.1. The fourth-order valence-electron chi connectivity index (χ4n) is 3.15. The average Bonchev–Trinajstić information content (AvgIpc) is 2.93. The lowest BCUT2D eigenvalue weighted by Crippen LogP contribution is -2.36. The Morgan fingerprint density at radius 2 is 2.05 bits per heavy atom. The van der Waals surface area contributed by atoms with Crippen molar-refractivity contribution in [1.82, 2.24) is 0 Å². The van der Waals surface area contributed by atoms with Gasteiger partial charge in [-0.2, -0.15) is 0 Å². The van der Waals surface area contributed by atoms with Gasteiger partial charge in [0.2, 0.25) is 0 Å². The molecule has 1 aliphatic rings. The molecule has 0 bridgehead atoms. The van der Waals surface area contributed by atoms with Crippen LogP contribution in [0.4, 0.5) is 0 Å². The van der Waals surface area contributed by atoms with Crippen LogP contribution in [0, 0.1) is 0 Å². The first-order chi connectivity index (χ1) is 9.24. The lowest BCUT2D eigenvalue weighted by molar-refractivity contribution is 0.0997. The van der Waals surface area contributed by atoms with Crippen molar-refractivity contribution < 1.29 is 4.74 Å². The summed E-state index contributed by atoms with van der Waals surface area (Å²) in [6.45, 7) is 3.16. The van der Waals surface area contributed by atoms with Crippen LogP contribution in [-0.4, -0.2) is 12.7 Å². The van der Waals surface area contributed by atoms with Crippen molar-refractivity contribution in [2.24, 2.45) is 5.73 Å². The summed E-state index contributed by atoms with van der Waals surface area (Å²) in [6.07, 6.45) is 8.52. The summed E-state index contributed by atoms with van der Waals surface area (Å²) in [7, 11) is 0. The molecule has 1 heterocycles. The molecule has 1 saturated heterocycles. The monoisotopic (exact) mass is 261 g/mol. The Balaban J connectivity index is 1.91. The lowest BCUT2D eigenvalue weighted by atomic mass is 9.82. The molecular weight excluding hydrogens is 234 g/mol. The third-order valence-electron chi connectivity index (χ3n) is 4.22.